The first kappa shape index (κ1) is 14.8. The molecular weight excluding hydrogens is 280 g/mol. The second-order valence-corrected chi connectivity index (χ2v) is 5.33. The van der Waals surface area contributed by atoms with E-state index in [1.54, 1.807) is 43.1 Å². The van der Waals surface area contributed by atoms with Gasteiger partial charge in [-0.05, 0) is 31.2 Å². The van der Waals surface area contributed by atoms with E-state index in [2.05, 4.69) is 5.32 Å². The van der Waals surface area contributed by atoms with Crippen LogP contribution in [0, 0.1) is 0 Å². The number of morpholine rings is 1. The summed E-state index contributed by atoms with van der Waals surface area (Å²) >= 11 is 5.81. The van der Waals surface area contributed by atoms with Crippen LogP contribution in [0.2, 0.25) is 5.02 Å². The minimum absolute atomic E-state index is 0.125. The fourth-order valence-electron chi connectivity index (χ4n) is 2.22. The number of benzene rings is 1. The number of rotatable bonds is 2. The number of carbonyl (C=O) groups is 2. The molecule has 1 aliphatic heterocycles. The lowest BCUT2D eigenvalue weighted by atomic mass is 10.0. The summed E-state index contributed by atoms with van der Waals surface area (Å²) < 4.78 is 5.53. The molecule has 1 aliphatic rings. The summed E-state index contributed by atoms with van der Waals surface area (Å²) in [5.41, 5.74) is -0.453. The van der Waals surface area contributed by atoms with Gasteiger partial charge in [0.25, 0.3) is 11.8 Å². The number of halogens is 1. The number of amides is 2. The van der Waals surface area contributed by atoms with Crippen molar-refractivity contribution in [1.82, 2.24) is 10.2 Å². The largest absolute Gasteiger partial charge is 0.362 e. The first-order chi connectivity index (χ1) is 9.46. The summed E-state index contributed by atoms with van der Waals surface area (Å²) in [7, 11) is 1.55. The fraction of sp³-hybridized carbons (Fsp3) is 0.429. The summed E-state index contributed by atoms with van der Waals surface area (Å²) in [5, 5.41) is 3.14. The van der Waals surface area contributed by atoms with Crippen molar-refractivity contribution in [2.75, 3.05) is 26.7 Å². The summed E-state index contributed by atoms with van der Waals surface area (Å²) in [6.45, 7) is 2.72. The van der Waals surface area contributed by atoms with Gasteiger partial charge in [0, 0.05) is 24.2 Å². The predicted molar refractivity (Wildman–Crippen MR) is 75.8 cm³/mol. The summed E-state index contributed by atoms with van der Waals surface area (Å²) in [6.07, 6.45) is 0. The van der Waals surface area contributed by atoms with E-state index in [1.165, 1.54) is 0 Å². The topological polar surface area (TPSA) is 58.6 Å². The van der Waals surface area contributed by atoms with Crippen LogP contribution >= 0.6 is 11.6 Å². The molecule has 5 nitrogen and oxygen atoms in total. The van der Waals surface area contributed by atoms with Crippen molar-refractivity contribution >= 4 is 23.4 Å². The normalized spacial score (nSPS) is 22.4. The van der Waals surface area contributed by atoms with Crippen LogP contribution < -0.4 is 5.32 Å². The third kappa shape index (κ3) is 2.94. The van der Waals surface area contributed by atoms with E-state index in [0.29, 0.717) is 23.7 Å². The smallest absolute Gasteiger partial charge is 0.254 e. The summed E-state index contributed by atoms with van der Waals surface area (Å²) in [5.74, 6) is -0.355. The van der Waals surface area contributed by atoms with E-state index in [-0.39, 0.29) is 18.4 Å². The number of likely N-dealkylation sites (N-methyl/N-ethyl adjacent to an activating group) is 1. The van der Waals surface area contributed by atoms with Crippen molar-refractivity contribution in [3.63, 3.8) is 0 Å². The Labute approximate surface area is 122 Å². The molecule has 108 valence electrons. The molecule has 0 bridgehead atoms. The molecule has 0 saturated carbocycles. The molecule has 0 aliphatic carbocycles. The van der Waals surface area contributed by atoms with Gasteiger partial charge < -0.3 is 15.0 Å². The molecule has 0 radical (unpaired) electrons. The number of nitrogens with zero attached hydrogens (tertiary/aromatic N) is 1. The summed E-state index contributed by atoms with van der Waals surface area (Å²) in [4.78, 5) is 25.9. The molecule has 1 aromatic rings. The van der Waals surface area contributed by atoms with E-state index in [0.717, 1.165) is 0 Å². The Balaban J connectivity index is 2.14. The van der Waals surface area contributed by atoms with Gasteiger partial charge in [-0.3, -0.25) is 9.59 Å². The van der Waals surface area contributed by atoms with Gasteiger partial charge in [0.15, 0.2) is 5.60 Å². The Bertz CT molecular complexity index is 518. The minimum Gasteiger partial charge on any atom is -0.362 e. The molecule has 1 aromatic carbocycles. The Kier molecular flexibility index (Phi) is 4.30. The van der Waals surface area contributed by atoms with Crippen molar-refractivity contribution in [2.45, 2.75) is 12.5 Å². The van der Waals surface area contributed by atoms with E-state index in [1.807, 2.05) is 0 Å². The van der Waals surface area contributed by atoms with Gasteiger partial charge in [0.05, 0.1) is 13.2 Å². The Morgan fingerprint density at radius 1 is 1.35 bits per heavy atom. The van der Waals surface area contributed by atoms with Crippen molar-refractivity contribution in [1.29, 1.82) is 0 Å². The zero-order valence-electron chi connectivity index (χ0n) is 11.5. The SMILES string of the molecule is CNC(=O)C1(C)CN(C(=O)c2ccc(Cl)cc2)CCO1. The zero-order valence-corrected chi connectivity index (χ0v) is 12.2. The molecule has 0 spiro atoms. The van der Waals surface area contributed by atoms with Crippen molar-refractivity contribution in [2.24, 2.45) is 0 Å². The molecule has 1 unspecified atom stereocenters. The highest BCUT2D eigenvalue weighted by atomic mass is 35.5. The van der Waals surface area contributed by atoms with Crippen LogP contribution in [0.3, 0.4) is 0 Å². The maximum absolute atomic E-state index is 12.4. The quantitative estimate of drug-likeness (QED) is 0.895. The van der Waals surface area contributed by atoms with Crippen molar-refractivity contribution in [3.8, 4) is 0 Å². The van der Waals surface area contributed by atoms with Crippen molar-refractivity contribution in [3.05, 3.63) is 34.9 Å². The maximum atomic E-state index is 12.4. The van der Waals surface area contributed by atoms with Gasteiger partial charge >= 0.3 is 0 Å². The zero-order chi connectivity index (χ0) is 14.8. The molecule has 1 heterocycles. The molecule has 2 amide bonds. The average molecular weight is 297 g/mol. The van der Waals surface area contributed by atoms with Crippen LogP contribution in [0.1, 0.15) is 17.3 Å². The van der Waals surface area contributed by atoms with Crippen LogP contribution in [0.25, 0.3) is 0 Å². The van der Waals surface area contributed by atoms with Gasteiger partial charge in [0.1, 0.15) is 0 Å². The second kappa shape index (κ2) is 5.81. The van der Waals surface area contributed by atoms with Crippen LogP contribution in [0.5, 0.6) is 0 Å². The number of hydrogen-bond acceptors (Lipinski definition) is 3. The highest BCUT2D eigenvalue weighted by molar-refractivity contribution is 6.30. The Morgan fingerprint density at radius 2 is 2.00 bits per heavy atom. The van der Waals surface area contributed by atoms with Gasteiger partial charge in [-0.2, -0.15) is 0 Å². The van der Waals surface area contributed by atoms with Gasteiger partial charge in [0.2, 0.25) is 0 Å². The standard InChI is InChI=1S/C14H17ClN2O3/c1-14(13(19)16-2)9-17(7-8-20-14)12(18)10-3-5-11(15)6-4-10/h3-6H,7-9H2,1-2H3,(H,16,19). The second-order valence-electron chi connectivity index (χ2n) is 4.89. The minimum atomic E-state index is -1.00. The van der Waals surface area contributed by atoms with Crippen LogP contribution in [0.15, 0.2) is 24.3 Å². The molecular formula is C14H17ClN2O3. The predicted octanol–water partition coefficient (Wildman–Crippen LogP) is 1.32. The van der Waals surface area contributed by atoms with E-state index in [9.17, 15) is 9.59 Å². The molecule has 1 atom stereocenters. The molecule has 1 saturated heterocycles. The lowest BCUT2D eigenvalue weighted by Gasteiger charge is -2.39. The van der Waals surface area contributed by atoms with Crippen LogP contribution in [0.4, 0.5) is 0 Å². The average Bonchev–Trinajstić information content (AvgIpc) is 2.46. The first-order valence-corrected chi connectivity index (χ1v) is 6.75. The van der Waals surface area contributed by atoms with Gasteiger partial charge in [-0.25, -0.2) is 0 Å². The molecule has 0 aromatic heterocycles. The van der Waals surface area contributed by atoms with Gasteiger partial charge in [-0.1, -0.05) is 11.6 Å². The van der Waals surface area contributed by atoms with E-state index >= 15 is 0 Å². The molecule has 6 heteroatoms. The van der Waals surface area contributed by atoms with Crippen LogP contribution in [-0.4, -0.2) is 49.1 Å². The molecule has 1 fully saturated rings. The third-order valence-electron chi connectivity index (χ3n) is 3.36. The molecule has 20 heavy (non-hydrogen) atoms. The van der Waals surface area contributed by atoms with E-state index in [4.69, 9.17) is 16.3 Å². The molecule has 2 rings (SSSR count). The summed E-state index contributed by atoms with van der Waals surface area (Å²) in [6, 6.07) is 6.70. The lowest BCUT2D eigenvalue weighted by Crippen LogP contribution is -2.58. The third-order valence-corrected chi connectivity index (χ3v) is 3.61. The number of carbonyl (C=O) groups excluding carboxylic acids is 2. The Morgan fingerprint density at radius 3 is 2.60 bits per heavy atom. The van der Waals surface area contributed by atoms with Crippen LogP contribution in [-0.2, 0) is 9.53 Å². The number of hydrogen-bond donors (Lipinski definition) is 1. The fourth-order valence-corrected chi connectivity index (χ4v) is 2.35. The highest BCUT2D eigenvalue weighted by Crippen LogP contribution is 2.20. The number of ether oxygens (including phenoxy) is 1. The van der Waals surface area contributed by atoms with Crippen molar-refractivity contribution < 1.29 is 14.3 Å². The Hall–Kier alpha value is -1.59. The molecule has 1 N–H and O–H groups in total. The van der Waals surface area contributed by atoms with E-state index < -0.39 is 5.60 Å². The number of nitrogens with one attached hydrogen (secondary N) is 1. The monoisotopic (exact) mass is 296 g/mol. The maximum Gasteiger partial charge on any atom is 0.254 e. The first-order valence-electron chi connectivity index (χ1n) is 6.37. The highest BCUT2D eigenvalue weighted by Gasteiger charge is 2.40. The van der Waals surface area contributed by atoms with Gasteiger partial charge in [-0.15, -0.1) is 0 Å². The lowest BCUT2D eigenvalue weighted by molar-refractivity contribution is -0.153.